The summed E-state index contributed by atoms with van der Waals surface area (Å²) in [6.07, 6.45) is 3.65. The highest BCUT2D eigenvalue weighted by Gasteiger charge is 2.28. The number of aryl methyl sites for hydroxylation is 2. The molecule has 0 spiro atoms. The molecule has 2 aliphatic heterocycles. The minimum absolute atomic E-state index is 0.361. The highest BCUT2D eigenvalue weighted by atomic mass is 32.2. The van der Waals surface area contributed by atoms with Crippen molar-refractivity contribution >= 4 is 16.0 Å². The van der Waals surface area contributed by atoms with E-state index in [1.54, 1.807) is 16.4 Å². The zero-order valence-corrected chi connectivity index (χ0v) is 16.8. The SMILES string of the molecule is Cc1ccc(S(=O)(=O)N2CCc3nc(N4CCCC4)nc(C)c3CC2)cc1. The van der Waals surface area contributed by atoms with Crippen molar-refractivity contribution in [2.45, 2.75) is 44.4 Å². The van der Waals surface area contributed by atoms with E-state index < -0.39 is 10.0 Å². The Morgan fingerprint density at radius 2 is 1.56 bits per heavy atom. The normalized spacial score (nSPS) is 18.4. The van der Waals surface area contributed by atoms with Crippen LogP contribution in [0.4, 0.5) is 5.95 Å². The Kier molecular flexibility index (Phi) is 4.90. The second-order valence-electron chi connectivity index (χ2n) is 7.45. The van der Waals surface area contributed by atoms with Crippen molar-refractivity contribution in [3.05, 3.63) is 46.8 Å². The number of hydrogen-bond donors (Lipinski definition) is 0. The Hall–Kier alpha value is -1.99. The number of benzene rings is 1. The number of rotatable bonds is 3. The Morgan fingerprint density at radius 1 is 0.889 bits per heavy atom. The van der Waals surface area contributed by atoms with Crippen molar-refractivity contribution in [1.29, 1.82) is 0 Å². The molecule has 0 saturated carbocycles. The Bertz CT molecular complexity index is 935. The minimum Gasteiger partial charge on any atom is -0.341 e. The summed E-state index contributed by atoms with van der Waals surface area (Å²) in [5.41, 5.74) is 4.15. The monoisotopic (exact) mass is 386 g/mol. The predicted molar refractivity (Wildman–Crippen MR) is 106 cm³/mol. The molecule has 0 atom stereocenters. The molecular weight excluding hydrogens is 360 g/mol. The Balaban J connectivity index is 1.59. The lowest BCUT2D eigenvalue weighted by Crippen LogP contribution is -2.33. The minimum atomic E-state index is -3.48. The van der Waals surface area contributed by atoms with Gasteiger partial charge in [0.25, 0.3) is 0 Å². The van der Waals surface area contributed by atoms with E-state index in [-0.39, 0.29) is 0 Å². The van der Waals surface area contributed by atoms with E-state index in [2.05, 4.69) is 4.90 Å². The van der Waals surface area contributed by atoms with E-state index in [0.29, 0.717) is 30.8 Å². The van der Waals surface area contributed by atoms with Crippen LogP contribution in [-0.4, -0.2) is 48.9 Å². The number of aromatic nitrogens is 2. The molecule has 0 aliphatic carbocycles. The third kappa shape index (κ3) is 3.58. The molecule has 2 aliphatic rings. The number of sulfonamides is 1. The number of hydrogen-bond acceptors (Lipinski definition) is 5. The van der Waals surface area contributed by atoms with Crippen molar-refractivity contribution in [2.24, 2.45) is 0 Å². The summed E-state index contributed by atoms with van der Waals surface area (Å²) < 4.78 is 27.7. The van der Waals surface area contributed by atoms with Gasteiger partial charge in [0.05, 0.1) is 10.6 Å². The summed E-state index contributed by atoms with van der Waals surface area (Å²) in [5.74, 6) is 0.804. The molecule has 2 aromatic rings. The van der Waals surface area contributed by atoms with E-state index in [9.17, 15) is 8.42 Å². The van der Waals surface area contributed by atoms with Gasteiger partial charge in [-0.1, -0.05) is 17.7 Å². The molecule has 0 radical (unpaired) electrons. The van der Waals surface area contributed by atoms with E-state index in [1.807, 2.05) is 26.0 Å². The maximum absolute atomic E-state index is 13.0. The molecule has 0 unspecified atom stereocenters. The van der Waals surface area contributed by atoms with E-state index in [4.69, 9.17) is 9.97 Å². The highest BCUT2D eigenvalue weighted by molar-refractivity contribution is 7.89. The van der Waals surface area contributed by atoms with E-state index >= 15 is 0 Å². The van der Waals surface area contributed by atoms with Crippen LogP contribution in [0.2, 0.25) is 0 Å². The van der Waals surface area contributed by atoms with Crippen LogP contribution in [0.3, 0.4) is 0 Å². The zero-order valence-electron chi connectivity index (χ0n) is 16.0. The topological polar surface area (TPSA) is 66.4 Å². The van der Waals surface area contributed by atoms with Gasteiger partial charge in [-0.05, 0) is 50.8 Å². The van der Waals surface area contributed by atoms with Gasteiger partial charge in [-0.3, -0.25) is 0 Å². The molecule has 0 N–H and O–H groups in total. The van der Waals surface area contributed by atoms with Gasteiger partial charge >= 0.3 is 0 Å². The quantitative estimate of drug-likeness (QED) is 0.811. The first-order valence-electron chi connectivity index (χ1n) is 9.63. The van der Waals surface area contributed by atoms with Gasteiger partial charge in [0.1, 0.15) is 0 Å². The van der Waals surface area contributed by atoms with E-state index in [1.165, 1.54) is 12.8 Å². The van der Waals surface area contributed by atoms with Crippen LogP contribution in [0, 0.1) is 13.8 Å². The van der Waals surface area contributed by atoms with Gasteiger partial charge in [-0.15, -0.1) is 0 Å². The molecule has 1 aromatic carbocycles. The van der Waals surface area contributed by atoms with Crippen LogP contribution < -0.4 is 4.90 Å². The first kappa shape index (κ1) is 18.4. The second-order valence-corrected chi connectivity index (χ2v) is 9.38. The fourth-order valence-corrected chi connectivity index (χ4v) is 5.35. The molecular formula is C20H26N4O2S. The second kappa shape index (κ2) is 7.20. The van der Waals surface area contributed by atoms with Crippen molar-refractivity contribution in [3.63, 3.8) is 0 Å². The molecule has 27 heavy (non-hydrogen) atoms. The average molecular weight is 387 g/mol. The molecule has 4 rings (SSSR count). The van der Waals surface area contributed by atoms with E-state index in [0.717, 1.165) is 41.6 Å². The lowest BCUT2D eigenvalue weighted by Gasteiger charge is -2.19. The summed E-state index contributed by atoms with van der Waals surface area (Å²) in [6.45, 7) is 6.91. The van der Waals surface area contributed by atoms with Gasteiger partial charge in [-0.2, -0.15) is 4.31 Å². The van der Waals surface area contributed by atoms with Crippen LogP contribution in [0.5, 0.6) is 0 Å². The molecule has 144 valence electrons. The van der Waals surface area contributed by atoms with Crippen LogP contribution in [0.25, 0.3) is 0 Å². The predicted octanol–water partition coefficient (Wildman–Crippen LogP) is 2.48. The fraction of sp³-hybridized carbons (Fsp3) is 0.500. The van der Waals surface area contributed by atoms with Crippen LogP contribution in [-0.2, 0) is 22.9 Å². The first-order chi connectivity index (χ1) is 12.9. The first-order valence-corrected chi connectivity index (χ1v) is 11.1. The maximum atomic E-state index is 13.0. The average Bonchev–Trinajstić information content (AvgIpc) is 3.09. The molecule has 0 amide bonds. The van der Waals surface area contributed by atoms with Crippen molar-refractivity contribution in [1.82, 2.24) is 14.3 Å². The lowest BCUT2D eigenvalue weighted by atomic mass is 10.1. The van der Waals surface area contributed by atoms with Crippen molar-refractivity contribution in [3.8, 4) is 0 Å². The lowest BCUT2D eigenvalue weighted by molar-refractivity contribution is 0.426. The van der Waals surface area contributed by atoms with Crippen LogP contribution in [0.1, 0.15) is 35.4 Å². The van der Waals surface area contributed by atoms with Crippen molar-refractivity contribution < 1.29 is 8.42 Å². The number of anilines is 1. The molecule has 1 fully saturated rings. The summed E-state index contributed by atoms with van der Waals surface area (Å²) >= 11 is 0. The van der Waals surface area contributed by atoms with Gasteiger partial charge in [0.15, 0.2) is 0 Å². The third-order valence-electron chi connectivity index (χ3n) is 5.54. The summed E-state index contributed by atoms with van der Waals surface area (Å²) in [5, 5.41) is 0. The fourth-order valence-electron chi connectivity index (χ4n) is 3.91. The summed E-state index contributed by atoms with van der Waals surface area (Å²) in [7, 11) is -3.48. The van der Waals surface area contributed by atoms with Crippen LogP contribution in [0.15, 0.2) is 29.2 Å². The summed E-state index contributed by atoms with van der Waals surface area (Å²) in [6, 6.07) is 7.08. The van der Waals surface area contributed by atoms with Gasteiger partial charge in [-0.25, -0.2) is 18.4 Å². The molecule has 1 aromatic heterocycles. The van der Waals surface area contributed by atoms with Crippen molar-refractivity contribution in [2.75, 3.05) is 31.1 Å². The molecule has 3 heterocycles. The van der Waals surface area contributed by atoms with Gasteiger partial charge < -0.3 is 4.90 Å². The van der Waals surface area contributed by atoms with Gasteiger partial charge in [0.2, 0.25) is 16.0 Å². The molecule has 0 bridgehead atoms. The van der Waals surface area contributed by atoms with Crippen LogP contribution >= 0.6 is 0 Å². The Morgan fingerprint density at radius 3 is 2.26 bits per heavy atom. The standard InChI is InChI=1S/C20H26N4O2S/c1-15-5-7-17(8-6-15)27(25,26)24-13-9-18-16(2)21-20(22-19(18)10-14-24)23-11-3-4-12-23/h5-8H,3-4,9-14H2,1-2H3. The Labute approximate surface area is 161 Å². The largest absolute Gasteiger partial charge is 0.341 e. The number of fused-ring (bicyclic) bond motifs is 1. The zero-order chi connectivity index (χ0) is 19.0. The summed E-state index contributed by atoms with van der Waals surface area (Å²) in [4.78, 5) is 12.1. The molecule has 7 heteroatoms. The highest BCUT2D eigenvalue weighted by Crippen LogP contribution is 2.25. The smallest absolute Gasteiger partial charge is 0.243 e. The maximum Gasteiger partial charge on any atom is 0.243 e. The molecule has 6 nitrogen and oxygen atoms in total. The third-order valence-corrected chi connectivity index (χ3v) is 7.46. The van der Waals surface area contributed by atoms with Gasteiger partial charge in [0, 0.05) is 38.3 Å². The molecule has 1 saturated heterocycles. The number of nitrogens with zero attached hydrogens (tertiary/aromatic N) is 4.